The third-order valence-corrected chi connectivity index (χ3v) is 8.46. The van der Waals surface area contributed by atoms with Gasteiger partial charge < -0.3 is 19.4 Å². The van der Waals surface area contributed by atoms with Crippen molar-refractivity contribution in [3.8, 4) is 0 Å². The van der Waals surface area contributed by atoms with Gasteiger partial charge in [0.25, 0.3) is 0 Å². The molecule has 1 saturated heterocycles. The van der Waals surface area contributed by atoms with Gasteiger partial charge in [0.15, 0.2) is 0 Å². The zero-order chi connectivity index (χ0) is 28.5. The van der Waals surface area contributed by atoms with E-state index in [1.165, 1.54) is 35.5 Å². The van der Waals surface area contributed by atoms with Gasteiger partial charge in [0, 0.05) is 45.3 Å². The fourth-order valence-corrected chi connectivity index (χ4v) is 5.85. The Morgan fingerprint density at radius 1 is 0.950 bits per heavy atom. The number of amides is 2. The number of nitrogens with zero attached hydrogens (tertiary/aromatic N) is 3. The van der Waals surface area contributed by atoms with Crippen LogP contribution in [0.2, 0.25) is 0 Å². The fraction of sp³-hybridized carbons (Fsp3) is 0.379. The lowest BCUT2D eigenvalue weighted by Gasteiger charge is -2.31. The SMILES string of the molecule is CC(=O)Nc1ccc(S(=O)(=O)N(CCN2CCOCC2)CC(=O)N(Cc2ccccc2)Cc2ccc(C)o2)cc1. The summed E-state index contributed by atoms with van der Waals surface area (Å²) in [4.78, 5) is 29.0. The number of nitrogens with one attached hydrogen (secondary N) is 1. The van der Waals surface area contributed by atoms with Crippen LogP contribution in [0.15, 0.2) is 76.0 Å². The summed E-state index contributed by atoms with van der Waals surface area (Å²) in [6, 6.07) is 19.2. The summed E-state index contributed by atoms with van der Waals surface area (Å²) in [5.41, 5.74) is 1.42. The number of benzene rings is 2. The van der Waals surface area contributed by atoms with Crippen LogP contribution in [0.3, 0.4) is 0 Å². The summed E-state index contributed by atoms with van der Waals surface area (Å²) >= 11 is 0. The highest BCUT2D eigenvalue weighted by atomic mass is 32.2. The smallest absolute Gasteiger partial charge is 0.243 e. The summed E-state index contributed by atoms with van der Waals surface area (Å²) in [7, 11) is -4.03. The molecule has 0 atom stereocenters. The molecular formula is C29H36N4O6S. The molecule has 1 aliphatic rings. The minimum absolute atomic E-state index is 0.0487. The molecule has 214 valence electrons. The summed E-state index contributed by atoms with van der Waals surface area (Å²) in [6.45, 7) is 6.60. The third-order valence-electron chi connectivity index (χ3n) is 6.61. The number of ether oxygens (including phenoxy) is 1. The topological polar surface area (TPSA) is 112 Å². The number of hydrogen-bond acceptors (Lipinski definition) is 7. The van der Waals surface area contributed by atoms with Gasteiger partial charge in [-0.1, -0.05) is 30.3 Å². The van der Waals surface area contributed by atoms with E-state index in [0.29, 0.717) is 50.8 Å². The van der Waals surface area contributed by atoms with Crippen LogP contribution in [0.5, 0.6) is 0 Å². The minimum atomic E-state index is -4.03. The van der Waals surface area contributed by atoms with Gasteiger partial charge in [-0.05, 0) is 48.9 Å². The van der Waals surface area contributed by atoms with Crippen molar-refractivity contribution in [3.63, 3.8) is 0 Å². The van der Waals surface area contributed by atoms with Gasteiger partial charge >= 0.3 is 0 Å². The molecular weight excluding hydrogens is 532 g/mol. The van der Waals surface area contributed by atoms with Crippen molar-refractivity contribution in [2.45, 2.75) is 31.8 Å². The lowest BCUT2D eigenvalue weighted by Crippen LogP contribution is -2.47. The molecule has 2 aromatic carbocycles. The van der Waals surface area contributed by atoms with Gasteiger partial charge in [0.1, 0.15) is 11.5 Å². The van der Waals surface area contributed by atoms with E-state index in [1.807, 2.05) is 49.4 Å². The molecule has 0 saturated carbocycles. The second kappa shape index (κ2) is 13.7. The molecule has 0 spiro atoms. The van der Waals surface area contributed by atoms with Gasteiger partial charge in [-0.15, -0.1) is 0 Å². The molecule has 0 radical (unpaired) electrons. The first-order chi connectivity index (χ1) is 19.2. The van der Waals surface area contributed by atoms with Gasteiger partial charge in [0.2, 0.25) is 21.8 Å². The van der Waals surface area contributed by atoms with Gasteiger partial charge in [-0.2, -0.15) is 4.31 Å². The van der Waals surface area contributed by atoms with Crippen LogP contribution in [0, 0.1) is 6.92 Å². The van der Waals surface area contributed by atoms with E-state index in [1.54, 1.807) is 4.90 Å². The van der Waals surface area contributed by atoms with Crippen LogP contribution in [0.1, 0.15) is 24.0 Å². The molecule has 4 rings (SSSR count). The molecule has 11 heteroatoms. The van der Waals surface area contributed by atoms with Crippen molar-refractivity contribution < 1.29 is 27.2 Å². The van der Waals surface area contributed by atoms with Gasteiger partial charge in [-0.25, -0.2) is 8.42 Å². The predicted octanol–water partition coefficient (Wildman–Crippen LogP) is 3.10. The quantitative estimate of drug-likeness (QED) is 0.357. The van der Waals surface area contributed by atoms with E-state index >= 15 is 0 Å². The van der Waals surface area contributed by atoms with Crippen molar-refractivity contribution in [1.82, 2.24) is 14.1 Å². The highest BCUT2D eigenvalue weighted by Gasteiger charge is 2.30. The number of carbonyl (C=O) groups excluding carboxylic acids is 2. The Labute approximate surface area is 235 Å². The number of sulfonamides is 1. The number of anilines is 1. The second-order valence-corrected chi connectivity index (χ2v) is 11.7. The summed E-state index contributed by atoms with van der Waals surface area (Å²) in [5, 5.41) is 2.64. The average molecular weight is 569 g/mol. The summed E-state index contributed by atoms with van der Waals surface area (Å²) in [5.74, 6) is 0.773. The highest BCUT2D eigenvalue weighted by molar-refractivity contribution is 7.89. The average Bonchev–Trinajstić information content (AvgIpc) is 3.36. The van der Waals surface area contributed by atoms with E-state index in [0.717, 1.165) is 11.3 Å². The first kappa shape index (κ1) is 29.5. The number of rotatable bonds is 12. The van der Waals surface area contributed by atoms with Gasteiger partial charge in [0.05, 0.1) is 31.2 Å². The Kier molecular flexibility index (Phi) is 10.1. The van der Waals surface area contributed by atoms with Crippen LogP contribution in [0.4, 0.5) is 5.69 Å². The Bertz CT molecular complexity index is 1370. The van der Waals surface area contributed by atoms with Crippen molar-refractivity contribution in [1.29, 1.82) is 0 Å². The maximum absolute atomic E-state index is 13.8. The lowest BCUT2D eigenvalue weighted by molar-refractivity contribution is -0.133. The molecule has 0 unspecified atom stereocenters. The highest BCUT2D eigenvalue weighted by Crippen LogP contribution is 2.20. The Hall–Kier alpha value is -3.51. The number of aryl methyl sites for hydroxylation is 1. The monoisotopic (exact) mass is 568 g/mol. The number of furan rings is 1. The Morgan fingerprint density at radius 3 is 2.27 bits per heavy atom. The van der Waals surface area contributed by atoms with E-state index < -0.39 is 10.0 Å². The Morgan fingerprint density at radius 2 is 1.65 bits per heavy atom. The maximum atomic E-state index is 13.8. The predicted molar refractivity (Wildman–Crippen MR) is 151 cm³/mol. The molecule has 10 nitrogen and oxygen atoms in total. The molecule has 2 amide bonds. The van der Waals surface area contributed by atoms with Crippen molar-refractivity contribution in [2.24, 2.45) is 0 Å². The molecule has 1 fully saturated rings. The lowest BCUT2D eigenvalue weighted by atomic mass is 10.2. The van der Waals surface area contributed by atoms with Crippen molar-refractivity contribution in [2.75, 3.05) is 51.3 Å². The van der Waals surface area contributed by atoms with Crippen LogP contribution < -0.4 is 5.32 Å². The molecule has 3 aromatic rings. The molecule has 1 aliphatic heterocycles. The Balaban J connectivity index is 1.58. The van der Waals surface area contributed by atoms with E-state index in [-0.39, 0.29) is 36.3 Å². The third kappa shape index (κ3) is 8.25. The number of morpholine rings is 1. The van der Waals surface area contributed by atoms with Crippen LogP contribution in [0.25, 0.3) is 0 Å². The molecule has 40 heavy (non-hydrogen) atoms. The summed E-state index contributed by atoms with van der Waals surface area (Å²) < 4.78 is 40.0. The standard InChI is InChI=1S/C29H36N4O6S/c1-23-8-11-27(39-23)21-32(20-25-6-4-3-5-7-25)29(35)22-33(15-14-31-16-18-38-19-17-31)40(36,37)28-12-9-26(10-13-28)30-24(2)34/h3-13H,14-22H2,1-2H3,(H,30,34). The van der Waals surface area contributed by atoms with E-state index in [9.17, 15) is 18.0 Å². The largest absolute Gasteiger partial charge is 0.464 e. The fourth-order valence-electron chi connectivity index (χ4n) is 4.47. The van der Waals surface area contributed by atoms with Crippen molar-refractivity contribution in [3.05, 3.63) is 83.8 Å². The van der Waals surface area contributed by atoms with Crippen LogP contribution in [-0.4, -0.2) is 80.3 Å². The normalized spacial score (nSPS) is 14.3. The molecule has 2 heterocycles. The maximum Gasteiger partial charge on any atom is 0.243 e. The van der Waals surface area contributed by atoms with Crippen LogP contribution >= 0.6 is 0 Å². The minimum Gasteiger partial charge on any atom is -0.464 e. The first-order valence-electron chi connectivity index (χ1n) is 13.3. The van der Waals surface area contributed by atoms with Gasteiger partial charge in [-0.3, -0.25) is 14.5 Å². The molecule has 1 aromatic heterocycles. The number of hydrogen-bond donors (Lipinski definition) is 1. The van der Waals surface area contributed by atoms with Crippen LogP contribution in [-0.2, 0) is 37.4 Å². The zero-order valence-electron chi connectivity index (χ0n) is 22.9. The second-order valence-electron chi connectivity index (χ2n) is 9.75. The molecule has 0 bridgehead atoms. The molecule has 1 N–H and O–H groups in total. The zero-order valence-corrected chi connectivity index (χ0v) is 23.7. The van der Waals surface area contributed by atoms with E-state index in [4.69, 9.17) is 9.15 Å². The molecule has 0 aliphatic carbocycles. The van der Waals surface area contributed by atoms with Crippen molar-refractivity contribution >= 4 is 27.5 Å². The first-order valence-corrected chi connectivity index (χ1v) is 14.7. The summed E-state index contributed by atoms with van der Waals surface area (Å²) in [6.07, 6.45) is 0. The number of carbonyl (C=O) groups is 2. The van der Waals surface area contributed by atoms with E-state index in [2.05, 4.69) is 10.2 Å².